The molecule has 0 saturated heterocycles. The van der Waals surface area contributed by atoms with Gasteiger partial charge in [0.15, 0.2) is 0 Å². The van der Waals surface area contributed by atoms with Crippen molar-refractivity contribution in [3.8, 4) is 67.5 Å². The first-order chi connectivity index (χ1) is 35.8. The smallest absolute Gasteiger partial charge is 0.148 e. The standard InChI is InChI=1S/C55H54N3O.Pt/c1-35-19-21-36(22-20-35)38-27-28-56-47(32-38)40-29-39(30-43(31-40)55(8,9)10)44-17-14-18-49-51(44)57-52(46-34-42(54(5,6)7)24-26-50(46)59)58(49)48-25-23-41(53(2,3)4)33-45(48)37-15-12-11-13-16-37;/h11-28,30-34,59H,1-10H3;/q-1;/i1D3,5D3,6D3,7D3,19D,20D,21D,22D,27D,28D,32D;. The summed E-state index contributed by atoms with van der Waals surface area (Å²) in [6, 6.07) is 25.7. The number of fused-ring (bicyclic) bond motifs is 1. The maximum absolute atomic E-state index is 12.0. The molecule has 0 aliphatic heterocycles. The van der Waals surface area contributed by atoms with Crippen LogP contribution in [0, 0.1) is 12.9 Å². The normalized spacial score (nSPS) is 17.5. The molecule has 1 N–H and O–H groups in total. The summed E-state index contributed by atoms with van der Waals surface area (Å²) >= 11 is 0. The molecule has 0 aliphatic rings. The van der Waals surface area contributed by atoms with E-state index < -0.39 is 109 Å². The molecule has 2 heterocycles. The summed E-state index contributed by atoms with van der Waals surface area (Å²) < 4.78 is 164. The van der Waals surface area contributed by atoms with Crippen LogP contribution in [0.1, 0.15) is 110 Å². The number of rotatable bonds is 6. The van der Waals surface area contributed by atoms with Gasteiger partial charge in [0.05, 0.1) is 31.9 Å². The van der Waals surface area contributed by atoms with Gasteiger partial charge in [0.2, 0.25) is 0 Å². The van der Waals surface area contributed by atoms with Crippen molar-refractivity contribution >= 4 is 11.0 Å². The zero-order valence-electron chi connectivity index (χ0n) is 52.8. The maximum atomic E-state index is 12.0. The van der Waals surface area contributed by atoms with Crippen molar-refractivity contribution in [1.29, 1.82) is 0 Å². The van der Waals surface area contributed by atoms with E-state index in [-0.39, 0.29) is 54.6 Å². The monoisotopic (exact) mass is 987 g/mol. The van der Waals surface area contributed by atoms with E-state index in [0.717, 1.165) is 29.3 Å². The van der Waals surface area contributed by atoms with Crippen molar-refractivity contribution in [3.63, 3.8) is 0 Å². The molecule has 0 unspecified atom stereocenters. The molecule has 4 nitrogen and oxygen atoms in total. The number of aromatic hydroxyl groups is 1. The van der Waals surface area contributed by atoms with Crippen LogP contribution in [0.5, 0.6) is 5.75 Å². The fraction of sp³-hybridized carbons (Fsp3) is 0.236. The molecule has 8 aromatic rings. The molecule has 0 aliphatic carbocycles. The predicted octanol–water partition coefficient (Wildman–Crippen LogP) is 14.5. The van der Waals surface area contributed by atoms with Crippen molar-refractivity contribution in [2.45, 2.75) is 85.2 Å². The Labute approximate surface area is 397 Å². The molecule has 5 heteroatoms. The van der Waals surface area contributed by atoms with Gasteiger partial charge in [-0.05, 0) is 87.3 Å². The Morgan fingerprint density at radius 3 is 2.02 bits per heavy atom. The van der Waals surface area contributed by atoms with Crippen LogP contribution in [0.4, 0.5) is 0 Å². The van der Waals surface area contributed by atoms with E-state index in [0.29, 0.717) is 33.5 Å². The van der Waals surface area contributed by atoms with E-state index in [1.807, 2.05) is 75.4 Å². The van der Waals surface area contributed by atoms with E-state index >= 15 is 0 Å². The largest absolute Gasteiger partial charge is 0.507 e. The number of imidazole rings is 1. The molecular weight excluding hydrogens is 914 g/mol. The molecule has 0 saturated carbocycles. The van der Waals surface area contributed by atoms with Crippen molar-refractivity contribution in [1.82, 2.24) is 14.5 Å². The molecule has 0 amide bonds. The van der Waals surface area contributed by atoms with Crippen LogP contribution in [0.2, 0.25) is 0 Å². The molecule has 0 fully saturated rings. The molecule has 0 bridgehead atoms. The van der Waals surface area contributed by atoms with Crippen LogP contribution in [0.15, 0.2) is 139 Å². The second kappa shape index (κ2) is 16.1. The van der Waals surface area contributed by atoms with Crippen LogP contribution < -0.4 is 0 Å². The molecule has 0 spiro atoms. The number of pyridine rings is 1. The Bertz CT molecular complexity index is 3630. The average Bonchev–Trinajstić information content (AvgIpc) is 3.76. The van der Waals surface area contributed by atoms with Gasteiger partial charge in [-0.25, -0.2) is 4.98 Å². The molecule has 0 radical (unpaired) electrons. The summed E-state index contributed by atoms with van der Waals surface area (Å²) in [5.74, 6) is -0.540. The fourth-order valence-electron chi connectivity index (χ4n) is 7.02. The van der Waals surface area contributed by atoms with Gasteiger partial charge in [-0.3, -0.25) is 9.55 Å². The summed E-state index contributed by atoms with van der Waals surface area (Å²) in [5, 5.41) is 12.0. The van der Waals surface area contributed by atoms with Gasteiger partial charge in [-0.2, -0.15) is 0 Å². The van der Waals surface area contributed by atoms with Gasteiger partial charge in [-0.15, -0.1) is 29.3 Å². The first-order valence-corrected chi connectivity index (χ1v) is 19.1. The Kier molecular flexibility index (Phi) is 6.62. The second-order valence-electron chi connectivity index (χ2n) is 16.7. The van der Waals surface area contributed by atoms with Gasteiger partial charge < -0.3 is 5.11 Å². The number of phenolic OH excluding ortho intramolecular Hbond substituents is 1. The van der Waals surface area contributed by atoms with Gasteiger partial charge in [-0.1, -0.05) is 164 Å². The quantitative estimate of drug-likeness (QED) is 0.169. The number of benzene rings is 6. The zero-order valence-corrected chi connectivity index (χ0v) is 36.1. The Morgan fingerprint density at radius 1 is 0.633 bits per heavy atom. The average molecular weight is 987 g/mol. The minimum Gasteiger partial charge on any atom is -0.507 e. The van der Waals surface area contributed by atoms with Crippen molar-refractivity contribution in [3.05, 3.63) is 168 Å². The van der Waals surface area contributed by atoms with E-state index in [2.05, 4.69) is 31.8 Å². The number of phenols is 1. The second-order valence-corrected chi connectivity index (χ2v) is 16.7. The Balaban J connectivity index is 0.00000903. The summed E-state index contributed by atoms with van der Waals surface area (Å²) in [6.45, 7) is -2.02. The molecule has 6 aromatic carbocycles. The Morgan fingerprint density at radius 2 is 1.32 bits per heavy atom. The summed E-state index contributed by atoms with van der Waals surface area (Å²) in [6.07, 6.45) is -0.692. The predicted molar refractivity (Wildman–Crippen MR) is 247 cm³/mol. The third kappa shape index (κ3) is 8.41. The third-order valence-electron chi connectivity index (χ3n) is 10.3. The first-order valence-electron chi connectivity index (χ1n) is 28.6. The van der Waals surface area contributed by atoms with Crippen LogP contribution in [-0.2, 0) is 37.3 Å². The molecular formula is C55H54N3OPt-. The molecule has 8 rings (SSSR count). The number of hydrogen-bond acceptors (Lipinski definition) is 3. The molecule has 2 aromatic heterocycles. The summed E-state index contributed by atoms with van der Waals surface area (Å²) in [7, 11) is 0. The van der Waals surface area contributed by atoms with Gasteiger partial charge in [0.1, 0.15) is 11.6 Å². The van der Waals surface area contributed by atoms with Gasteiger partial charge in [0.25, 0.3) is 0 Å². The maximum Gasteiger partial charge on any atom is 0.148 e. The molecule has 306 valence electrons. The number of nitrogens with zero attached hydrogens (tertiary/aromatic N) is 3. The first kappa shape index (κ1) is 24.6. The SMILES string of the molecule is [2H]c1nc(-c2[c-]c(-c3cccc4c3nc(-c3cc(C(C([2H])([2H])[2H])(C([2H])([2H])[2H])C([2H])([2H])[2H])ccc3O)n4-c3ccc(C(C)(C)C)cc3-c3ccccc3)cc(C(C)(C)C)c2)c([2H])c(-c2c([2H])c([2H])c(C([2H])([2H])[2H])c([2H])c2[2H])c1[2H].[Pt]. The van der Waals surface area contributed by atoms with E-state index in [9.17, 15) is 6.48 Å². The van der Waals surface area contributed by atoms with E-state index in [1.54, 1.807) is 28.8 Å². The summed E-state index contributed by atoms with van der Waals surface area (Å²) in [5.41, 5.74) is -2.36. The van der Waals surface area contributed by atoms with Gasteiger partial charge >= 0.3 is 0 Å². The minimum absolute atomic E-state index is 0. The number of hydrogen-bond donors (Lipinski definition) is 1. The van der Waals surface area contributed by atoms with Gasteiger partial charge in [0, 0.05) is 54.9 Å². The van der Waals surface area contributed by atoms with Crippen LogP contribution in [-0.4, -0.2) is 19.6 Å². The van der Waals surface area contributed by atoms with Crippen molar-refractivity contribution in [2.24, 2.45) is 0 Å². The van der Waals surface area contributed by atoms with Crippen LogP contribution in [0.25, 0.3) is 72.7 Å². The zero-order chi connectivity index (χ0) is 57.9. The molecule has 0 atom stereocenters. The number of aromatic nitrogens is 3. The molecule has 60 heavy (non-hydrogen) atoms. The Hall–Kier alpha value is -5.57. The van der Waals surface area contributed by atoms with Crippen LogP contribution >= 0.6 is 0 Å². The van der Waals surface area contributed by atoms with Crippen molar-refractivity contribution < 1.29 is 52.2 Å². The van der Waals surface area contributed by atoms with E-state index in [4.69, 9.17) is 29.7 Å². The third-order valence-corrected chi connectivity index (χ3v) is 10.3. The summed E-state index contributed by atoms with van der Waals surface area (Å²) in [4.78, 5) is 9.55. The number of para-hydroxylation sites is 1. The van der Waals surface area contributed by atoms with E-state index in [1.165, 1.54) is 0 Å². The van der Waals surface area contributed by atoms with Crippen LogP contribution in [0.3, 0.4) is 0 Å². The fourth-order valence-corrected chi connectivity index (χ4v) is 7.02. The topological polar surface area (TPSA) is 50.9 Å². The minimum atomic E-state index is -3.64. The van der Waals surface area contributed by atoms with Crippen molar-refractivity contribution in [2.75, 3.05) is 0 Å².